The van der Waals surface area contributed by atoms with Crippen molar-refractivity contribution in [2.45, 2.75) is 26.3 Å². The number of amides is 1. The second kappa shape index (κ2) is 6.80. The summed E-state index contributed by atoms with van der Waals surface area (Å²) < 4.78 is 0. The van der Waals surface area contributed by atoms with E-state index in [9.17, 15) is 4.79 Å². The average Bonchev–Trinajstić information content (AvgIpc) is 2.11. The molecule has 0 rings (SSSR count). The van der Waals surface area contributed by atoms with Gasteiger partial charge in [0.25, 0.3) is 0 Å². The zero-order chi connectivity index (χ0) is 12.0. The van der Waals surface area contributed by atoms with E-state index in [1.54, 1.807) is 4.90 Å². The van der Waals surface area contributed by atoms with Gasteiger partial charge < -0.3 is 15.5 Å². The average molecular weight is 215 g/mol. The summed E-state index contributed by atoms with van der Waals surface area (Å²) in [5.41, 5.74) is 5.82. The molecule has 0 aromatic rings. The van der Waals surface area contributed by atoms with E-state index in [-0.39, 0.29) is 11.9 Å². The Morgan fingerprint density at radius 3 is 2.13 bits per heavy atom. The van der Waals surface area contributed by atoms with Crippen molar-refractivity contribution in [3.63, 3.8) is 0 Å². The van der Waals surface area contributed by atoms with Gasteiger partial charge in [-0.25, -0.2) is 0 Å². The van der Waals surface area contributed by atoms with E-state index in [4.69, 9.17) is 5.73 Å². The Labute approximate surface area is 93.4 Å². The lowest BCUT2D eigenvalue weighted by molar-refractivity contribution is -0.131. The predicted molar refractivity (Wildman–Crippen MR) is 63.6 cm³/mol. The summed E-state index contributed by atoms with van der Waals surface area (Å²) in [6.45, 7) is 5.76. The largest absolute Gasteiger partial charge is 0.343 e. The molecule has 1 atom stereocenters. The van der Waals surface area contributed by atoms with E-state index in [0.29, 0.717) is 5.92 Å². The third-order valence-electron chi connectivity index (χ3n) is 2.30. The van der Waals surface area contributed by atoms with Crippen LogP contribution in [-0.4, -0.2) is 56.0 Å². The van der Waals surface area contributed by atoms with Crippen molar-refractivity contribution in [2.24, 2.45) is 11.7 Å². The topological polar surface area (TPSA) is 49.6 Å². The maximum Gasteiger partial charge on any atom is 0.239 e. The summed E-state index contributed by atoms with van der Waals surface area (Å²) in [5.74, 6) is 0.511. The molecular formula is C11H25N3O. The molecule has 0 saturated carbocycles. The highest BCUT2D eigenvalue weighted by Crippen LogP contribution is 2.04. The standard InChI is InChI=1S/C11H25N3O/c1-9(2)8-10(12)11(15)14(5)7-6-13(3)4/h9-10H,6-8,12H2,1-5H3/t10-/m1/s1. The van der Waals surface area contributed by atoms with Crippen LogP contribution in [0.25, 0.3) is 0 Å². The molecule has 0 bridgehead atoms. The molecule has 0 saturated heterocycles. The van der Waals surface area contributed by atoms with Gasteiger partial charge in [0.2, 0.25) is 5.91 Å². The molecule has 0 spiro atoms. The van der Waals surface area contributed by atoms with Crippen LogP contribution in [0.1, 0.15) is 20.3 Å². The Morgan fingerprint density at radius 2 is 1.73 bits per heavy atom. The van der Waals surface area contributed by atoms with Crippen LogP contribution in [0, 0.1) is 5.92 Å². The second-order valence-corrected chi connectivity index (χ2v) is 4.80. The maximum atomic E-state index is 11.8. The fourth-order valence-electron chi connectivity index (χ4n) is 1.35. The Kier molecular flexibility index (Phi) is 6.52. The molecule has 1 amide bonds. The van der Waals surface area contributed by atoms with Crippen LogP contribution in [-0.2, 0) is 4.79 Å². The molecular weight excluding hydrogens is 190 g/mol. The molecule has 4 heteroatoms. The Balaban J connectivity index is 3.96. The lowest BCUT2D eigenvalue weighted by Crippen LogP contribution is -2.44. The maximum absolute atomic E-state index is 11.8. The summed E-state index contributed by atoms with van der Waals surface area (Å²) in [6, 6.07) is -0.350. The van der Waals surface area contributed by atoms with Crippen molar-refractivity contribution in [3.8, 4) is 0 Å². The smallest absolute Gasteiger partial charge is 0.239 e. The van der Waals surface area contributed by atoms with Gasteiger partial charge in [-0.3, -0.25) is 4.79 Å². The summed E-state index contributed by atoms with van der Waals surface area (Å²) in [7, 11) is 5.80. The number of rotatable bonds is 6. The Bertz CT molecular complexity index is 192. The van der Waals surface area contributed by atoms with Gasteiger partial charge in [0.15, 0.2) is 0 Å². The highest BCUT2D eigenvalue weighted by atomic mass is 16.2. The number of hydrogen-bond acceptors (Lipinski definition) is 3. The van der Waals surface area contributed by atoms with Crippen molar-refractivity contribution >= 4 is 5.91 Å². The molecule has 0 aromatic carbocycles. The van der Waals surface area contributed by atoms with Gasteiger partial charge in [0.1, 0.15) is 0 Å². The molecule has 15 heavy (non-hydrogen) atoms. The highest BCUT2D eigenvalue weighted by molar-refractivity contribution is 5.81. The predicted octanol–water partition coefficient (Wildman–Crippen LogP) is 0.380. The van der Waals surface area contributed by atoms with E-state index >= 15 is 0 Å². The van der Waals surface area contributed by atoms with Gasteiger partial charge in [0, 0.05) is 20.1 Å². The third-order valence-corrected chi connectivity index (χ3v) is 2.30. The van der Waals surface area contributed by atoms with Crippen LogP contribution in [0.3, 0.4) is 0 Å². The van der Waals surface area contributed by atoms with E-state index in [0.717, 1.165) is 19.5 Å². The normalized spacial score (nSPS) is 13.3. The van der Waals surface area contributed by atoms with Gasteiger partial charge in [0.05, 0.1) is 6.04 Å². The molecule has 90 valence electrons. The first-order valence-corrected chi connectivity index (χ1v) is 5.50. The molecule has 0 aliphatic rings. The van der Waals surface area contributed by atoms with Gasteiger partial charge in [-0.15, -0.1) is 0 Å². The van der Waals surface area contributed by atoms with Gasteiger partial charge in [-0.2, -0.15) is 0 Å². The molecule has 0 aliphatic heterocycles. The molecule has 2 N–H and O–H groups in total. The van der Waals surface area contributed by atoms with E-state index in [2.05, 4.69) is 18.7 Å². The summed E-state index contributed by atoms with van der Waals surface area (Å²) >= 11 is 0. The van der Waals surface area contributed by atoms with E-state index in [1.165, 1.54) is 0 Å². The lowest BCUT2D eigenvalue weighted by Gasteiger charge is -2.23. The highest BCUT2D eigenvalue weighted by Gasteiger charge is 2.18. The number of likely N-dealkylation sites (N-methyl/N-ethyl adjacent to an activating group) is 2. The van der Waals surface area contributed by atoms with Crippen LogP contribution in [0.4, 0.5) is 0 Å². The van der Waals surface area contributed by atoms with Crippen LogP contribution in [0.5, 0.6) is 0 Å². The van der Waals surface area contributed by atoms with Crippen LogP contribution in [0.2, 0.25) is 0 Å². The number of carbonyl (C=O) groups is 1. The minimum absolute atomic E-state index is 0.0468. The lowest BCUT2D eigenvalue weighted by atomic mass is 10.0. The van der Waals surface area contributed by atoms with Crippen LogP contribution < -0.4 is 5.73 Å². The summed E-state index contributed by atoms with van der Waals surface area (Å²) in [4.78, 5) is 15.5. The number of hydrogen-bond donors (Lipinski definition) is 1. The zero-order valence-electron chi connectivity index (χ0n) is 10.7. The molecule has 0 aromatic heterocycles. The number of nitrogens with zero attached hydrogens (tertiary/aromatic N) is 2. The minimum Gasteiger partial charge on any atom is -0.343 e. The van der Waals surface area contributed by atoms with Crippen molar-refractivity contribution in [3.05, 3.63) is 0 Å². The number of carbonyl (C=O) groups excluding carboxylic acids is 1. The quantitative estimate of drug-likeness (QED) is 0.697. The van der Waals surface area contributed by atoms with Crippen LogP contribution in [0.15, 0.2) is 0 Å². The third kappa shape index (κ3) is 6.47. The molecule has 4 nitrogen and oxygen atoms in total. The second-order valence-electron chi connectivity index (χ2n) is 4.80. The fraction of sp³-hybridized carbons (Fsp3) is 0.909. The first-order chi connectivity index (χ1) is 6.84. The van der Waals surface area contributed by atoms with Crippen LogP contribution >= 0.6 is 0 Å². The Hall–Kier alpha value is -0.610. The SMILES string of the molecule is CC(C)C[C@@H](N)C(=O)N(C)CCN(C)C. The van der Waals surface area contributed by atoms with Gasteiger partial charge in [-0.1, -0.05) is 13.8 Å². The van der Waals surface area contributed by atoms with Gasteiger partial charge >= 0.3 is 0 Å². The molecule has 0 unspecified atom stereocenters. The van der Waals surface area contributed by atoms with E-state index < -0.39 is 0 Å². The molecule has 0 aliphatic carbocycles. The van der Waals surface area contributed by atoms with Gasteiger partial charge in [-0.05, 0) is 26.4 Å². The first kappa shape index (κ1) is 14.4. The molecule has 0 fully saturated rings. The summed E-state index contributed by atoms with van der Waals surface area (Å²) in [5, 5.41) is 0. The molecule has 0 radical (unpaired) electrons. The van der Waals surface area contributed by atoms with Crippen molar-refractivity contribution in [1.29, 1.82) is 0 Å². The fourth-order valence-corrected chi connectivity index (χ4v) is 1.35. The minimum atomic E-state index is -0.350. The van der Waals surface area contributed by atoms with Crippen molar-refractivity contribution in [1.82, 2.24) is 9.80 Å². The van der Waals surface area contributed by atoms with Crippen molar-refractivity contribution < 1.29 is 4.79 Å². The first-order valence-electron chi connectivity index (χ1n) is 5.50. The van der Waals surface area contributed by atoms with E-state index in [1.807, 2.05) is 21.1 Å². The zero-order valence-corrected chi connectivity index (χ0v) is 10.7. The summed E-state index contributed by atoms with van der Waals surface area (Å²) in [6.07, 6.45) is 0.755. The monoisotopic (exact) mass is 215 g/mol. The van der Waals surface area contributed by atoms with Crippen molar-refractivity contribution in [2.75, 3.05) is 34.2 Å². The molecule has 0 heterocycles. The number of nitrogens with two attached hydrogens (primary N) is 1. The Morgan fingerprint density at radius 1 is 1.20 bits per heavy atom.